The van der Waals surface area contributed by atoms with Crippen LogP contribution in [0.25, 0.3) is 10.2 Å². The molecule has 6 heteroatoms. The minimum Gasteiger partial charge on any atom is -0.497 e. The van der Waals surface area contributed by atoms with E-state index in [1.807, 2.05) is 36.4 Å². The van der Waals surface area contributed by atoms with Gasteiger partial charge in [0.2, 0.25) is 0 Å². The Hall–Kier alpha value is -1.98. The maximum atomic E-state index is 5.99. The Morgan fingerprint density at radius 3 is 2.71 bits per heavy atom. The summed E-state index contributed by atoms with van der Waals surface area (Å²) in [4.78, 5) is 4.53. The minimum atomic E-state index is 0.701. The van der Waals surface area contributed by atoms with Crippen LogP contribution in [0.3, 0.4) is 0 Å². The van der Waals surface area contributed by atoms with Crippen LogP contribution >= 0.6 is 22.9 Å². The second kappa shape index (κ2) is 5.79. The fourth-order valence-electron chi connectivity index (χ4n) is 1.97. The van der Waals surface area contributed by atoms with Crippen molar-refractivity contribution in [3.8, 4) is 11.5 Å². The van der Waals surface area contributed by atoms with Crippen molar-refractivity contribution in [2.45, 2.75) is 0 Å². The van der Waals surface area contributed by atoms with Crippen LogP contribution in [0.15, 0.2) is 36.4 Å². The van der Waals surface area contributed by atoms with Crippen LogP contribution in [-0.2, 0) is 0 Å². The van der Waals surface area contributed by atoms with Crippen molar-refractivity contribution in [3.63, 3.8) is 0 Å². The van der Waals surface area contributed by atoms with E-state index in [0.29, 0.717) is 10.8 Å². The highest BCUT2D eigenvalue weighted by Gasteiger charge is 2.09. The van der Waals surface area contributed by atoms with Gasteiger partial charge in [-0.1, -0.05) is 22.9 Å². The molecular formula is C15H13ClN2O2S. The molecule has 108 valence electrons. The Bertz CT molecular complexity index is 788. The van der Waals surface area contributed by atoms with Crippen LogP contribution in [0.2, 0.25) is 5.02 Å². The summed E-state index contributed by atoms with van der Waals surface area (Å²) in [6.07, 6.45) is 0. The smallest absolute Gasteiger partial charge is 0.188 e. The molecule has 4 nitrogen and oxygen atoms in total. The number of aromatic nitrogens is 1. The summed E-state index contributed by atoms with van der Waals surface area (Å²) in [7, 11) is 3.25. The monoisotopic (exact) mass is 320 g/mol. The first-order chi connectivity index (χ1) is 10.2. The van der Waals surface area contributed by atoms with E-state index < -0.39 is 0 Å². The molecule has 0 saturated heterocycles. The maximum Gasteiger partial charge on any atom is 0.188 e. The van der Waals surface area contributed by atoms with Crippen LogP contribution in [0.5, 0.6) is 11.5 Å². The summed E-state index contributed by atoms with van der Waals surface area (Å²) in [6, 6.07) is 11.2. The van der Waals surface area contributed by atoms with Crippen LogP contribution in [0, 0.1) is 0 Å². The average Bonchev–Trinajstić information content (AvgIpc) is 2.89. The van der Waals surface area contributed by atoms with Gasteiger partial charge in [0.25, 0.3) is 0 Å². The van der Waals surface area contributed by atoms with Crippen molar-refractivity contribution in [3.05, 3.63) is 41.4 Å². The standard InChI is InChI=1S/C15H13ClN2O2S/c1-19-10-4-6-11(13(8-10)20-2)17-15-18-12-5-3-9(16)7-14(12)21-15/h3-8H,1-2H3,(H,17,18). The molecule has 0 aliphatic rings. The van der Waals surface area contributed by atoms with Gasteiger partial charge >= 0.3 is 0 Å². The summed E-state index contributed by atoms with van der Waals surface area (Å²) < 4.78 is 11.6. The highest BCUT2D eigenvalue weighted by Crippen LogP contribution is 2.35. The molecule has 0 aliphatic carbocycles. The largest absolute Gasteiger partial charge is 0.497 e. The predicted molar refractivity (Wildman–Crippen MR) is 87.5 cm³/mol. The predicted octanol–water partition coefficient (Wildman–Crippen LogP) is 4.71. The molecule has 1 N–H and O–H groups in total. The molecule has 3 rings (SSSR count). The highest BCUT2D eigenvalue weighted by molar-refractivity contribution is 7.22. The van der Waals surface area contributed by atoms with Crippen molar-refractivity contribution in [2.75, 3.05) is 19.5 Å². The van der Waals surface area contributed by atoms with E-state index in [1.165, 1.54) is 0 Å². The fraction of sp³-hybridized carbons (Fsp3) is 0.133. The minimum absolute atomic E-state index is 0.701. The molecule has 0 amide bonds. The lowest BCUT2D eigenvalue weighted by atomic mass is 10.3. The van der Waals surface area contributed by atoms with Gasteiger partial charge in [0, 0.05) is 11.1 Å². The maximum absolute atomic E-state index is 5.99. The number of rotatable bonds is 4. The third-order valence-electron chi connectivity index (χ3n) is 3.00. The molecule has 0 fully saturated rings. The van der Waals surface area contributed by atoms with E-state index in [4.69, 9.17) is 21.1 Å². The van der Waals surface area contributed by atoms with Crippen molar-refractivity contribution in [2.24, 2.45) is 0 Å². The Morgan fingerprint density at radius 1 is 1.10 bits per heavy atom. The van der Waals surface area contributed by atoms with Gasteiger partial charge in [0.1, 0.15) is 11.5 Å². The molecule has 0 atom stereocenters. The Morgan fingerprint density at radius 2 is 1.95 bits per heavy atom. The fourth-order valence-corrected chi connectivity index (χ4v) is 3.12. The molecule has 1 aromatic heterocycles. The third-order valence-corrected chi connectivity index (χ3v) is 4.17. The molecule has 0 spiro atoms. The number of thiazole rings is 1. The summed E-state index contributed by atoms with van der Waals surface area (Å²) in [5, 5.41) is 4.76. The van der Waals surface area contributed by atoms with Gasteiger partial charge in [-0.3, -0.25) is 0 Å². The summed E-state index contributed by atoms with van der Waals surface area (Å²) >= 11 is 7.54. The zero-order valence-electron chi connectivity index (χ0n) is 11.5. The normalized spacial score (nSPS) is 10.6. The molecule has 0 radical (unpaired) electrons. The number of benzene rings is 2. The van der Waals surface area contributed by atoms with E-state index in [0.717, 1.165) is 26.8 Å². The quantitative estimate of drug-likeness (QED) is 0.756. The first-order valence-corrected chi connectivity index (χ1v) is 7.44. The summed E-state index contributed by atoms with van der Waals surface area (Å²) in [5.41, 5.74) is 1.75. The van der Waals surface area contributed by atoms with Gasteiger partial charge in [-0.25, -0.2) is 4.98 Å². The highest BCUT2D eigenvalue weighted by atomic mass is 35.5. The van der Waals surface area contributed by atoms with E-state index in [2.05, 4.69) is 10.3 Å². The number of nitrogens with one attached hydrogen (secondary N) is 1. The molecule has 2 aromatic carbocycles. The van der Waals surface area contributed by atoms with Crippen LogP contribution < -0.4 is 14.8 Å². The number of anilines is 2. The first-order valence-electron chi connectivity index (χ1n) is 6.25. The SMILES string of the molecule is COc1ccc(Nc2nc3ccc(Cl)cc3s2)c(OC)c1. The molecule has 0 bridgehead atoms. The second-order valence-electron chi connectivity index (χ2n) is 4.32. The van der Waals surface area contributed by atoms with Gasteiger partial charge in [-0.2, -0.15) is 0 Å². The van der Waals surface area contributed by atoms with Crippen LogP contribution in [-0.4, -0.2) is 19.2 Å². The van der Waals surface area contributed by atoms with Gasteiger partial charge in [-0.05, 0) is 30.3 Å². The lowest BCUT2D eigenvalue weighted by molar-refractivity contribution is 0.395. The zero-order chi connectivity index (χ0) is 14.8. The number of hydrogen-bond donors (Lipinski definition) is 1. The number of nitrogens with zero attached hydrogens (tertiary/aromatic N) is 1. The second-order valence-corrected chi connectivity index (χ2v) is 5.79. The Balaban J connectivity index is 1.94. The van der Waals surface area contributed by atoms with Crippen molar-refractivity contribution >= 4 is 44.0 Å². The summed E-state index contributed by atoms with van der Waals surface area (Å²) in [6.45, 7) is 0. The average molecular weight is 321 g/mol. The van der Waals surface area contributed by atoms with Gasteiger partial charge in [-0.15, -0.1) is 0 Å². The molecule has 3 aromatic rings. The molecule has 1 heterocycles. The molecule has 0 aliphatic heterocycles. The topological polar surface area (TPSA) is 43.4 Å². The van der Waals surface area contributed by atoms with Gasteiger partial charge in [0.15, 0.2) is 5.13 Å². The van der Waals surface area contributed by atoms with Crippen LogP contribution in [0.1, 0.15) is 0 Å². The Kier molecular flexibility index (Phi) is 3.86. The molecule has 21 heavy (non-hydrogen) atoms. The number of ether oxygens (including phenoxy) is 2. The van der Waals surface area contributed by atoms with Crippen molar-refractivity contribution in [1.82, 2.24) is 4.98 Å². The molecule has 0 unspecified atom stereocenters. The van der Waals surface area contributed by atoms with E-state index >= 15 is 0 Å². The first kappa shape index (κ1) is 14.0. The van der Waals surface area contributed by atoms with Crippen molar-refractivity contribution < 1.29 is 9.47 Å². The lowest BCUT2D eigenvalue weighted by Crippen LogP contribution is -1.95. The van der Waals surface area contributed by atoms with E-state index in [-0.39, 0.29) is 0 Å². The lowest BCUT2D eigenvalue weighted by Gasteiger charge is -2.10. The van der Waals surface area contributed by atoms with Gasteiger partial charge < -0.3 is 14.8 Å². The zero-order valence-corrected chi connectivity index (χ0v) is 13.1. The van der Waals surface area contributed by atoms with Crippen molar-refractivity contribution in [1.29, 1.82) is 0 Å². The van der Waals surface area contributed by atoms with E-state index in [9.17, 15) is 0 Å². The molecular weight excluding hydrogens is 308 g/mol. The van der Waals surface area contributed by atoms with E-state index in [1.54, 1.807) is 25.6 Å². The number of hydrogen-bond acceptors (Lipinski definition) is 5. The molecule has 0 saturated carbocycles. The number of methoxy groups -OCH3 is 2. The third kappa shape index (κ3) is 2.89. The van der Waals surface area contributed by atoms with Gasteiger partial charge in [0.05, 0.1) is 30.1 Å². The summed E-state index contributed by atoms with van der Waals surface area (Å²) in [5.74, 6) is 1.44. The Labute approximate surface area is 131 Å². The number of fused-ring (bicyclic) bond motifs is 1. The number of halogens is 1. The van der Waals surface area contributed by atoms with Crippen LogP contribution in [0.4, 0.5) is 10.8 Å².